The van der Waals surface area contributed by atoms with E-state index in [1.54, 1.807) is 0 Å². The first-order valence-corrected chi connectivity index (χ1v) is 2.95. The molecule has 0 saturated heterocycles. The summed E-state index contributed by atoms with van der Waals surface area (Å²) >= 11 is 0. The lowest BCUT2D eigenvalue weighted by Crippen LogP contribution is -1.88. The Kier molecular flexibility index (Phi) is 3.22. The quantitative estimate of drug-likeness (QED) is 0.655. The van der Waals surface area contributed by atoms with Crippen LogP contribution in [0.1, 0.15) is 11.4 Å². The summed E-state index contributed by atoms with van der Waals surface area (Å²) in [6.07, 6.45) is 0. The summed E-state index contributed by atoms with van der Waals surface area (Å²) in [5.41, 5.74) is 2.18. The average Bonchev–Trinajstić information content (AvgIpc) is 2.13. The molecule has 0 bridgehead atoms. The van der Waals surface area contributed by atoms with Crippen LogP contribution < -0.4 is 5.32 Å². The second-order valence-electron chi connectivity index (χ2n) is 2.05. The molecular weight excluding hydrogens is 150 g/mol. The first-order valence-electron chi connectivity index (χ1n) is 2.95. The number of hydrogen-bond donors (Lipinski definition) is 2. The number of nitrogens with zero attached hydrogens (tertiary/aromatic N) is 1. The highest BCUT2D eigenvalue weighted by atomic mass is 35.5. The highest BCUT2D eigenvalue weighted by Crippen LogP contribution is 2.04. The molecule has 0 unspecified atom stereocenters. The van der Waals surface area contributed by atoms with E-state index >= 15 is 0 Å². The third-order valence-corrected chi connectivity index (χ3v) is 1.36. The Bertz CT molecular complexity index is 187. The summed E-state index contributed by atoms with van der Waals surface area (Å²) in [5.74, 6) is 0.838. The molecule has 1 aromatic rings. The van der Waals surface area contributed by atoms with Gasteiger partial charge in [-0.15, -0.1) is 12.4 Å². The molecule has 3 nitrogen and oxygen atoms in total. The third kappa shape index (κ3) is 1.64. The predicted molar refractivity (Wildman–Crippen MR) is 44.9 cm³/mol. The van der Waals surface area contributed by atoms with Crippen molar-refractivity contribution < 1.29 is 0 Å². The van der Waals surface area contributed by atoms with Crippen LogP contribution in [0.4, 0.5) is 5.95 Å². The Hall–Kier alpha value is -0.700. The number of hydrogen-bond acceptors (Lipinski definition) is 2. The summed E-state index contributed by atoms with van der Waals surface area (Å²) in [7, 11) is 1.84. The molecular formula is C6H12ClN3. The van der Waals surface area contributed by atoms with Crippen molar-refractivity contribution >= 4 is 18.4 Å². The fourth-order valence-electron chi connectivity index (χ4n) is 0.666. The minimum Gasteiger partial charge on any atom is -0.359 e. The van der Waals surface area contributed by atoms with Gasteiger partial charge in [-0.25, -0.2) is 4.98 Å². The van der Waals surface area contributed by atoms with Gasteiger partial charge in [0, 0.05) is 12.7 Å². The van der Waals surface area contributed by atoms with E-state index in [9.17, 15) is 0 Å². The van der Waals surface area contributed by atoms with Crippen LogP contribution in [-0.2, 0) is 0 Å². The van der Waals surface area contributed by atoms with Gasteiger partial charge in [0.2, 0.25) is 0 Å². The van der Waals surface area contributed by atoms with Crippen LogP contribution in [0.15, 0.2) is 0 Å². The van der Waals surface area contributed by atoms with Crippen molar-refractivity contribution in [3.63, 3.8) is 0 Å². The van der Waals surface area contributed by atoms with Gasteiger partial charge in [0.05, 0.1) is 5.69 Å². The largest absolute Gasteiger partial charge is 0.359 e. The number of H-pyrrole nitrogens is 1. The summed E-state index contributed by atoms with van der Waals surface area (Å²) in [6, 6.07) is 0. The molecule has 0 spiro atoms. The molecule has 0 saturated carbocycles. The Labute approximate surface area is 66.7 Å². The van der Waals surface area contributed by atoms with Crippen molar-refractivity contribution in [2.75, 3.05) is 12.4 Å². The molecule has 0 atom stereocenters. The van der Waals surface area contributed by atoms with Gasteiger partial charge in [-0.1, -0.05) is 0 Å². The van der Waals surface area contributed by atoms with E-state index in [4.69, 9.17) is 0 Å². The van der Waals surface area contributed by atoms with Crippen molar-refractivity contribution in [3.8, 4) is 0 Å². The van der Waals surface area contributed by atoms with Gasteiger partial charge in [-0.2, -0.15) is 0 Å². The number of nitrogens with one attached hydrogen (secondary N) is 2. The highest BCUT2D eigenvalue weighted by molar-refractivity contribution is 5.85. The van der Waals surface area contributed by atoms with Crippen LogP contribution in [0.2, 0.25) is 0 Å². The standard InChI is InChI=1S/C6H11N3.ClH/c1-4-5(2)9-6(7-3)8-4;/h1-3H3,(H2,7,8,9);1H. The smallest absolute Gasteiger partial charge is 0.200 e. The second kappa shape index (κ2) is 3.46. The van der Waals surface area contributed by atoms with Gasteiger partial charge < -0.3 is 10.3 Å². The molecule has 1 rings (SSSR count). The van der Waals surface area contributed by atoms with Crippen LogP contribution in [-0.4, -0.2) is 17.0 Å². The van der Waals surface area contributed by atoms with Gasteiger partial charge in [0.1, 0.15) is 0 Å². The number of imidazole rings is 1. The van der Waals surface area contributed by atoms with Gasteiger partial charge in [0.15, 0.2) is 5.95 Å². The molecule has 0 aliphatic heterocycles. The van der Waals surface area contributed by atoms with Gasteiger partial charge >= 0.3 is 0 Å². The van der Waals surface area contributed by atoms with Gasteiger partial charge in [0.25, 0.3) is 0 Å². The Morgan fingerprint density at radius 2 is 2.00 bits per heavy atom. The van der Waals surface area contributed by atoms with Crippen molar-refractivity contribution in [3.05, 3.63) is 11.4 Å². The number of halogens is 1. The van der Waals surface area contributed by atoms with Gasteiger partial charge in [-0.05, 0) is 13.8 Å². The van der Waals surface area contributed by atoms with Crippen molar-refractivity contribution in [1.29, 1.82) is 0 Å². The molecule has 0 radical (unpaired) electrons. The lowest BCUT2D eigenvalue weighted by atomic mass is 10.4. The van der Waals surface area contributed by atoms with E-state index in [0.29, 0.717) is 0 Å². The van der Waals surface area contributed by atoms with Crippen molar-refractivity contribution in [2.24, 2.45) is 0 Å². The van der Waals surface area contributed by atoms with Crippen LogP contribution in [0.25, 0.3) is 0 Å². The van der Waals surface area contributed by atoms with E-state index in [-0.39, 0.29) is 12.4 Å². The maximum absolute atomic E-state index is 4.16. The number of aromatic nitrogens is 2. The molecule has 1 aromatic heterocycles. The molecule has 4 heteroatoms. The van der Waals surface area contributed by atoms with E-state index in [1.165, 1.54) is 0 Å². The first kappa shape index (κ1) is 9.30. The Morgan fingerprint density at radius 3 is 2.20 bits per heavy atom. The topological polar surface area (TPSA) is 40.7 Å². The van der Waals surface area contributed by atoms with Crippen LogP contribution in [0, 0.1) is 13.8 Å². The predicted octanol–water partition coefficient (Wildman–Crippen LogP) is 1.49. The molecule has 58 valence electrons. The molecule has 0 aromatic carbocycles. The number of rotatable bonds is 1. The Balaban J connectivity index is 0.000000810. The van der Waals surface area contributed by atoms with E-state index in [0.717, 1.165) is 17.3 Å². The zero-order chi connectivity index (χ0) is 6.85. The normalized spacial score (nSPS) is 8.70. The fourth-order valence-corrected chi connectivity index (χ4v) is 0.666. The second-order valence-corrected chi connectivity index (χ2v) is 2.05. The lowest BCUT2D eigenvalue weighted by molar-refractivity contribution is 1.22. The molecule has 0 aliphatic carbocycles. The lowest BCUT2D eigenvalue weighted by Gasteiger charge is -1.87. The summed E-state index contributed by atoms with van der Waals surface area (Å²) < 4.78 is 0. The molecule has 10 heavy (non-hydrogen) atoms. The molecule has 0 aliphatic rings. The zero-order valence-corrected chi connectivity index (χ0v) is 7.17. The minimum atomic E-state index is 0. The zero-order valence-electron chi connectivity index (χ0n) is 6.36. The highest BCUT2D eigenvalue weighted by Gasteiger charge is 1.97. The van der Waals surface area contributed by atoms with Crippen LogP contribution in [0.3, 0.4) is 0 Å². The maximum atomic E-state index is 4.16. The Morgan fingerprint density at radius 1 is 1.40 bits per heavy atom. The molecule has 1 heterocycles. The summed E-state index contributed by atoms with van der Waals surface area (Å²) in [6.45, 7) is 3.98. The van der Waals surface area contributed by atoms with E-state index < -0.39 is 0 Å². The van der Waals surface area contributed by atoms with E-state index in [2.05, 4.69) is 15.3 Å². The minimum absolute atomic E-state index is 0. The summed E-state index contributed by atoms with van der Waals surface area (Å²) in [4.78, 5) is 7.23. The summed E-state index contributed by atoms with van der Waals surface area (Å²) in [5, 5.41) is 2.92. The maximum Gasteiger partial charge on any atom is 0.200 e. The van der Waals surface area contributed by atoms with Gasteiger partial charge in [-0.3, -0.25) is 0 Å². The first-order chi connectivity index (χ1) is 4.24. The van der Waals surface area contributed by atoms with E-state index in [1.807, 2.05) is 20.9 Å². The molecule has 2 N–H and O–H groups in total. The molecule has 0 amide bonds. The number of aryl methyl sites for hydroxylation is 2. The monoisotopic (exact) mass is 161 g/mol. The average molecular weight is 162 g/mol. The third-order valence-electron chi connectivity index (χ3n) is 1.36. The molecule has 0 fully saturated rings. The SMILES string of the molecule is CNc1nc(C)c(C)[nH]1.Cl. The van der Waals surface area contributed by atoms with Crippen molar-refractivity contribution in [1.82, 2.24) is 9.97 Å². The number of anilines is 1. The van der Waals surface area contributed by atoms with Crippen molar-refractivity contribution in [2.45, 2.75) is 13.8 Å². The van der Waals surface area contributed by atoms with Crippen LogP contribution in [0.5, 0.6) is 0 Å². The number of aromatic amines is 1. The van der Waals surface area contributed by atoms with Crippen LogP contribution >= 0.6 is 12.4 Å². The fraction of sp³-hybridized carbons (Fsp3) is 0.500.